The van der Waals surface area contributed by atoms with Crippen LogP contribution in [0.1, 0.15) is 33.1 Å². The molecule has 2 aliphatic rings. The van der Waals surface area contributed by atoms with Crippen molar-refractivity contribution in [2.45, 2.75) is 39.2 Å². The molecule has 0 bridgehead atoms. The van der Waals surface area contributed by atoms with E-state index in [9.17, 15) is 9.59 Å². The number of carbonyl (C=O) groups excluding carboxylic acids is 2. The Bertz CT molecular complexity index is 334. The third-order valence-electron chi connectivity index (χ3n) is 3.59. The summed E-state index contributed by atoms with van der Waals surface area (Å²) in [6, 6.07) is -0.369. The summed E-state index contributed by atoms with van der Waals surface area (Å²) in [6.07, 6.45) is 2.63. The van der Waals surface area contributed by atoms with E-state index in [1.54, 1.807) is 0 Å². The maximum absolute atomic E-state index is 12.5. The number of amides is 2. The molecule has 1 heterocycles. The number of rotatable bonds is 5. The molecule has 108 valence electrons. The zero-order valence-electron chi connectivity index (χ0n) is 11.9. The average Bonchev–Trinajstić information content (AvgIpc) is 3.22. The van der Waals surface area contributed by atoms with Crippen LogP contribution in [0.15, 0.2) is 0 Å². The molecule has 1 atom stereocenters. The van der Waals surface area contributed by atoms with Gasteiger partial charge in [0.15, 0.2) is 0 Å². The standard InChI is InChI=1S/C14H24N2O3/c1-10(2)9-12(15-13(17)11-3-4-11)14(18)16-5-7-19-8-6-16/h10-12H,3-9H2,1-2H3,(H,15,17)/t12-/m1/s1. The fraction of sp³-hybridized carbons (Fsp3) is 0.857. The van der Waals surface area contributed by atoms with E-state index in [2.05, 4.69) is 19.2 Å². The van der Waals surface area contributed by atoms with E-state index in [-0.39, 0.29) is 23.8 Å². The zero-order chi connectivity index (χ0) is 13.8. The second-order valence-corrected chi connectivity index (χ2v) is 5.90. The van der Waals surface area contributed by atoms with Crippen LogP contribution in [0.2, 0.25) is 0 Å². The minimum Gasteiger partial charge on any atom is -0.378 e. The topological polar surface area (TPSA) is 58.6 Å². The molecule has 2 amide bonds. The molecule has 0 unspecified atom stereocenters. The molecule has 0 aromatic rings. The van der Waals surface area contributed by atoms with Gasteiger partial charge < -0.3 is 15.0 Å². The Morgan fingerprint density at radius 3 is 2.42 bits per heavy atom. The minimum absolute atomic E-state index is 0.0472. The SMILES string of the molecule is CC(C)C[C@@H](NC(=O)C1CC1)C(=O)N1CCOCC1. The van der Waals surface area contributed by atoms with Crippen molar-refractivity contribution in [3.8, 4) is 0 Å². The van der Waals surface area contributed by atoms with E-state index in [1.165, 1.54) is 0 Å². The lowest BCUT2D eigenvalue weighted by Gasteiger charge is -2.31. The summed E-state index contributed by atoms with van der Waals surface area (Å²) in [6.45, 7) is 6.60. The first kappa shape index (κ1) is 14.3. The molecule has 19 heavy (non-hydrogen) atoms. The molecule has 1 aliphatic carbocycles. The molecule has 1 saturated carbocycles. The largest absolute Gasteiger partial charge is 0.378 e. The number of morpholine rings is 1. The van der Waals surface area contributed by atoms with Gasteiger partial charge in [-0.2, -0.15) is 0 Å². The van der Waals surface area contributed by atoms with Gasteiger partial charge in [-0.25, -0.2) is 0 Å². The molecule has 5 heteroatoms. The van der Waals surface area contributed by atoms with E-state index in [0.29, 0.717) is 38.6 Å². The Labute approximate surface area is 114 Å². The summed E-state index contributed by atoms with van der Waals surface area (Å²) in [7, 11) is 0. The van der Waals surface area contributed by atoms with Gasteiger partial charge >= 0.3 is 0 Å². The van der Waals surface area contributed by atoms with Crippen LogP contribution in [0.3, 0.4) is 0 Å². The highest BCUT2D eigenvalue weighted by Gasteiger charge is 2.34. The first-order valence-corrected chi connectivity index (χ1v) is 7.25. The number of carbonyl (C=O) groups is 2. The fourth-order valence-corrected chi connectivity index (χ4v) is 2.33. The Hall–Kier alpha value is -1.10. The van der Waals surface area contributed by atoms with Crippen molar-refractivity contribution >= 4 is 11.8 Å². The molecule has 0 radical (unpaired) electrons. The van der Waals surface area contributed by atoms with Crippen LogP contribution in [0.5, 0.6) is 0 Å². The Morgan fingerprint density at radius 2 is 1.89 bits per heavy atom. The van der Waals surface area contributed by atoms with Crippen molar-refractivity contribution in [2.75, 3.05) is 26.3 Å². The lowest BCUT2D eigenvalue weighted by atomic mass is 10.0. The van der Waals surface area contributed by atoms with Crippen LogP contribution in [0.25, 0.3) is 0 Å². The molecule has 2 rings (SSSR count). The number of hydrogen-bond donors (Lipinski definition) is 1. The van der Waals surface area contributed by atoms with E-state index in [4.69, 9.17) is 4.74 Å². The third-order valence-corrected chi connectivity index (χ3v) is 3.59. The summed E-state index contributed by atoms with van der Waals surface area (Å²) >= 11 is 0. The Balaban J connectivity index is 1.94. The van der Waals surface area contributed by atoms with Crippen molar-refractivity contribution in [1.29, 1.82) is 0 Å². The lowest BCUT2D eigenvalue weighted by Crippen LogP contribution is -2.52. The molecule has 0 aromatic carbocycles. The van der Waals surface area contributed by atoms with Crippen molar-refractivity contribution in [3.63, 3.8) is 0 Å². The molecular formula is C14H24N2O3. The molecule has 0 aromatic heterocycles. The molecule has 1 aliphatic heterocycles. The summed E-state index contributed by atoms with van der Waals surface area (Å²) in [5, 5.41) is 2.94. The summed E-state index contributed by atoms with van der Waals surface area (Å²) in [5.41, 5.74) is 0. The van der Waals surface area contributed by atoms with Gasteiger partial charge in [0.2, 0.25) is 11.8 Å². The van der Waals surface area contributed by atoms with Crippen molar-refractivity contribution in [2.24, 2.45) is 11.8 Å². The molecular weight excluding hydrogens is 244 g/mol. The van der Waals surface area contributed by atoms with Gasteiger partial charge in [-0.3, -0.25) is 9.59 Å². The van der Waals surface area contributed by atoms with Gasteiger partial charge in [-0.1, -0.05) is 13.8 Å². The highest BCUT2D eigenvalue weighted by molar-refractivity contribution is 5.89. The molecule has 1 N–H and O–H groups in total. The normalized spacial score (nSPS) is 21.3. The van der Waals surface area contributed by atoms with E-state index >= 15 is 0 Å². The van der Waals surface area contributed by atoms with Gasteiger partial charge in [0.1, 0.15) is 6.04 Å². The van der Waals surface area contributed by atoms with Crippen LogP contribution < -0.4 is 5.32 Å². The first-order valence-electron chi connectivity index (χ1n) is 7.25. The zero-order valence-corrected chi connectivity index (χ0v) is 11.9. The van der Waals surface area contributed by atoms with Crippen LogP contribution in [0, 0.1) is 11.8 Å². The lowest BCUT2D eigenvalue weighted by molar-refractivity contribution is -0.140. The smallest absolute Gasteiger partial charge is 0.245 e. The minimum atomic E-state index is -0.369. The van der Waals surface area contributed by atoms with Crippen LogP contribution in [-0.4, -0.2) is 49.1 Å². The maximum Gasteiger partial charge on any atom is 0.245 e. The average molecular weight is 268 g/mol. The molecule has 0 spiro atoms. The summed E-state index contributed by atoms with van der Waals surface area (Å²) in [4.78, 5) is 26.2. The highest BCUT2D eigenvalue weighted by Crippen LogP contribution is 2.29. The van der Waals surface area contributed by atoms with E-state index < -0.39 is 0 Å². The number of hydrogen-bond acceptors (Lipinski definition) is 3. The van der Waals surface area contributed by atoms with Crippen molar-refractivity contribution < 1.29 is 14.3 Å². The highest BCUT2D eigenvalue weighted by atomic mass is 16.5. The predicted octanol–water partition coefficient (Wildman–Crippen LogP) is 0.786. The quantitative estimate of drug-likeness (QED) is 0.802. The van der Waals surface area contributed by atoms with Gasteiger partial charge in [0.05, 0.1) is 13.2 Å². The van der Waals surface area contributed by atoms with Crippen molar-refractivity contribution in [3.05, 3.63) is 0 Å². The van der Waals surface area contributed by atoms with E-state index in [0.717, 1.165) is 12.8 Å². The van der Waals surface area contributed by atoms with Crippen LogP contribution in [0.4, 0.5) is 0 Å². The first-order chi connectivity index (χ1) is 9.08. The van der Waals surface area contributed by atoms with Crippen molar-refractivity contribution in [1.82, 2.24) is 10.2 Å². The maximum atomic E-state index is 12.5. The van der Waals surface area contributed by atoms with Gasteiger partial charge in [-0.05, 0) is 25.2 Å². The number of nitrogens with zero attached hydrogens (tertiary/aromatic N) is 1. The summed E-state index contributed by atoms with van der Waals surface area (Å²) in [5.74, 6) is 0.625. The van der Waals surface area contributed by atoms with Crippen LogP contribution >= 0.6 is 0 Å². The predicted molar refractivity (Wildman–Crippen MR) is 71.5 cm³/mol. The molecule has 2 fully saturated rings. The number of ether oxygens (including phenoxy) is 1. The second kappa shape index (κ2) is 6.37. The third kappa shape index (κ3) is 4.20. The Kier molecular flexibility index (Phi) is 4.80. The molecule has 5 nitrogen and oxygen atoms in total. The fourth-order valence-electron chi connectivity index (χ4n) is 2.33. The van der Waals surface area contributed by atoms with Gasteiger partial charge in [0, 0.05) is 19.0 Å². The second-order valence-electron chi connectivity index (χ2n) is 5.90. The summed E-state index contributed by atoms with van der Waals surface area (Å²) < 4.78 is 5.26. The number of nitrogens with one attached hydrogen (secondary N) is 1. The Morgan fingerprint density at radius 1 is 1.26 bits per heavy atom. The van der Waals surface area contributed by atoms with Gasteiger partial charge in [-0.15, -0.1) is 0 Å². The molecule has 1 saturated heterocycles. The van der Waals surface area contributed by atoms with Crippen LogP contribution in [-0.2, 0) is 14.3 Å². The van der Waals surface area contributed by atoms with E-state index in [1.807, 2.05) is 4.90 Å². The van der Waals surface area contributed by atoms with Gasteiger partial charge in [0.25, 0.3) is 0 Å². The monoisotopic (exact) mass is 268 g/mol.